The molecule has 120 valence electrons. The smallest absolute Gasteiger partial charge is 0.281 e. The Labute approximate surface area is 119 Å². The van der Waals surface area contributed by atoms with Crippen LogP contribution in [0.5, 0.6) is 0 Å². The standard InChI is InChI=1S/C10H11F3O6S2/c1-7-2-4-8(5-3-7)20(14,15)19-6-9(11)10(12,13)21(16,17)18/h2-5,9H,6H2,1H3,(H,16,17,18). The highest BCUT2D eigenvalue weighted by Crippen LogP contribution is 2.28. The maximum atomic E-state index is 13.1. The van der Waals surface area contributed by atoms with E-state index in [-0.39, 0.29) is 0 Å². The largest absolute Gasteiger partial charge is 0.402 e. The first-order valence-electron chi connectivity index (χ1n) is 5.33. The first-order chi connectivity index (χ1) is 9.38. The number of rotatable bonds is 6. The van der Waals surface area contributed by atoms with E-state index in [0.717, 1.165) is 17.7 Å². The zero-order valence-electron chi connectivity index (χ0n) is 10.5. The van der Waals surface area contributed by atoms with Crippen molar-refractivity contribution in [2.45, 2.75) is 23.2 Å². The second-order valence-corrected chi connectivity index (χ2v) is 7.17. The van der Waals surface area contributed by atoms with Gasteiger partial charge in [0.25, 0.3) is 10.1 Å². The van der Waals surface area contributed by atoms with Gasteiger partial charge < -0.3 is 0 Å². The summed E-state index contributed by atoms with van der Waals surface area (Å²) in [6.45, 7) is -0.0927. The van der Waals surface area contributed by atoms with Crippen molar-refractivity contribution in [3.8, 4) is 0 Å². The second kappa shape index (κ2) is 5.91. The normalized spacial score (nSPS) is 14.9. The van der Waals surface area contributed by atoms with Gasteiger partial charge in [-0.3, -0.25) is 8.74 Å². The van der Waals surface area contributed by atoms with Gasteiger partial charge in [-0.2, -0.15) is 25.6 Å². The van der Waals surface area contributed by atoms with Crippen LogP contribution in [0.3, 0.4) is 0 Å². The number of hydrogen-bond donors (Lipinski definition) is 1. The van der Waals surface area contributed by atoms with Crippen molar-refractivity contribution in [2.75, 3.05) is 6.61 Å². The average Bonchev–Trinajstić information content (AvgIpc) is 2.35. The van der Waals surface area contributed by atoms with Crippen LogP contribution in [0.2, 0.25) is 0 Å². The molecule has 0 bridgehead atoms. The molecule has 11 heteroatoms. The maximum absolute atomic E-state index is 13.1. The summed E-state index contributed by atoms with van der Waals surface area (Å²) in [5, 5.41) is -5.17. The third-order valence-corrected chi connectivity index (χ3v) is 4.63. The van der Waals surface area contributed by atoms with Crippen molar-refractivity contribution in [3.05, 3.63) is 29.8 Å². The molecule has 0 fully saturated rings. The second-order valence-electron chi connectivity index (χ2n) is 4.06. The molecule has 1 aromatic carbocycles. The summed E-state index contributed by atoms with van der Waals surface area (Å²) in [6, 6.07) is 5.02. The molecule has 1 aromatic rings. The highest BCUT2D eigenvalue weighted by molar-refractivity contribution is 7.87. The molecule has 0 amide bonds. The number of halogens is 3. The van der Waals surface area contributed by atoms with E-state index < -0.39 is 43.2 Å². The quantitative estimate of drug-likeness (QED) is 0.618. The molecule has 1 unspecified atom stereocenters. The van der Waals surface area contributed by atoms with Crippen LogP contribution in [0.4, 0.5) is 13.2 Å². The van der Waals surface area contributed by atoms with E-state index in [1.54, 1.807) is 6.92 Å². The summed E-state index contributed by atoms with van der Waals surface area (Å²) < 4.78 is 94.8. The molecular formula is C10H11F3O6S2. The molecule has 0 saturated heterocycles. The molecule has 21 heavy (non-hydrogen) atoms. The first kappa shape index (κ1) is 17.9. The molecule has 0 aliphatic heterocycles. The van der Waals surface area contributed by atoms with Gasteiger partial charge in [-0.15, -0.1) is 0 Å². The maximum Gasteiger partial charge on any atom is 0.402 e. The lowest BCUT2D eigenvalue weighted by atomic mass is 10.2. The van der Waals surface area contributed by atoms with Gasteiger partial charge in [-0.25, -0.2) is 4.39 Å². The van der Waals surface area contributed by atoms with Crippen molar-refractivity contribution < 1.29 is 38.7 Å². The Bertz CT molecular complexity index is 697. The Kier molecular flexibility index (Phi) is 5.03. The van der Waals surface area contributed by atoms with Crippen LogP contribution in [-0.2, 0) is 24.4 Å². The average molecular weight is 348 g/mol. The van der Waals surface area contributed by atoms with Crippen LogP contribution in [0.15, 0.2) is 29.2 Å². The number of alkyl halides is 3. The van der Waals surface area contributed by atoms with Gasteiger partial charge >= 0.3 is 15.4 Å². The molecule has 0 aliphatic rings. The summed E-state index contributed by atoms with van der Waals surface area (Å²) in [5.41, 5.74) is 0.718. The Morgan fingerprint density at radius 3 is 2.10 bits per heavy atom. The van der Waals surface area contributed by atoms with Crippen LogP contribution < -0.4 is 0 Å². The van der Waals surface area contributed by atoms with Crippen molar-refractivity contribution in [3.63, 3.8) is 0 Å². The minimum atomic E-state index is -6.02. The van der Waals surface area contributed by atoms with Crippen molar-refractivity contribution >= 4 is 20.2 Å². The summed E-state index contributed by atoms with van der Waals surface area (Å²) in [6.07, 6.45) is -3.55. The minimum Gasteiger partial charge on any atom is -0.281 e. The monoisotopic (exact) mass is 348 g/mol. The number of hydrogen-bond acceptors (Lipinski definition) is 5. The topological polar surface area (TPSA) is 97.7 Å². The molecule has 0 saturated carbocycles. The zero-order valence-corrected chi connectivity index (χ0v) is 12.2. The fourth-order valence-corrected chi connectivity index (χ4v) is 2.48. The fraction of sp³-hybridized carbons (Fsp3) is 0.400. The van der Waals surface area contributed by atoms with Gasteiger partial charge in [0.2, 0.25) is 6.17 Å². The lowest BCUT2D eigenvalue weighted by Gasteiger charge is -2.17. The van der Waals surface area contributed by atoms with Crippen LogP contribution in [0.25, 0.3) is 0 Å². The molecule has 0 aromatic heterocycles. The van der Waals surface area contributed by atoms with Crippen molar-refractivity contribution in [2.24, 2.45) is 0 Å². The van der Waals surface area contributed by atoms with Gasteiger partial charge in [0.05, 0.1) is 4.90 Å². The van der Waals surface area contributed by atoms with Crippen molar-refractivity contribution in [1.82, 2.24) is 0 Å². The predicted molar refractivity (Wildman–Crippen MR) is 65.7 cm³/mol. The Morgan fingerprint density at radius 1 is 1.19 bits per heavy atom. The van der Waals surface area contributed by atoms with Crippen LogP contribution in [-0.4, -0.2) is 39.4 Å². The van der Waals surface area contributed by atoms with Crippen LogP contribution in [0, 0.1) is 6.92 Å². The lowest BCUT2D eigenvalue weighted by Crippen LogP contribution is -2.41. The highest BCUT2D eigenvalue weighted by Gasteiger charge is 2.53. The summed E-state index contributed by atoms with van der Waals surface area (Å²) in [4.78, 5) is -0.407. The lowest BCUT2D eigenvalue weighted by molar-refractivity contribution is -0.0210. The first-order valence-corrected chi connectivity index (χ1v) is 8.18. The molecule has 6 nitrogen and oxygen atoms in total. The highest BCUT2D eigenvalue weighted by atomic mass is 32.2. The van der Waals surface area contributed by atoms with Gasteiger partial charge in [-0.1, -0.05) is 17.7 Å². The molecule has 0 spiro atoms. The molecule has 1 N–H and O–H groups in total. The number of benzene rings is 1. The van der Waals surface area contributed by atoms with Crippen molar-refractivity contribution in [1.29, 1.82) is 0 Å². The van der Waals surface area contributed by atoms with E-state index in [0.29, 0.717) is 0 Å². The molecular weight excluding hydrogens is 337 g/mol. The summed E-state index contributed by atoms with van der Waals surface area (Å²) >= 11 is 0. The fourth-order valence-electron chi connectivity index (χ4n) is 1.18. The van der Waals surface area contributed by atoms with Crippen LogP contribution >= 0.6 is 0 Å². The Balaban J connectivity index is 2.86. The van der Waals surface area contributed by atoms with E-state index >= 15 is 0 Å². The van der Waals surface area contributed by atoms with E-state index in [1.807, 2.05) is 0 Å². The SMILES string of the molecule is Cc1ccc(S(=O)(=O)OCC(F)C(F)(F)S(=O)(=O)O)cc1. The summed E-state index contributed by atoms with van der Waals surface area (Å²) in [7, 11) is -10.6. The molecule has 1 atom stereocenters. The molecule has 1 rings (SSSR count). The predicted octanol–water partition coefficient (Wildman–Crippen LogP) is 1.52. The zero-order chi connectivity index (χ0) is 16.5. The third kappa shape index (κ3) is 4.15. The van der Waals surface area contributed by atoms with E-state index in [2.05, 4.69) is 4.18 Å². The summed E-state index contributed by atoms with van der Waals surface area (Å²) in [5.74, 6) is 0. The Morgan fingerprint density at radius 2 is 1.67 bits per heavy atom. The molecule has 0 radical (unpaired) electrons. The van der Waals surface area contributed by atoms with Gasteiger partial charge in [0.1, 0.15) is 6.61 Å². The Hall–Kier alpha value is -1.17. The van der Waals surface area contributed by atoms with Crippen LogP contribution in [0.1, 0.15) is 5.56 Å². The molecule has 0 aliphatic carbocycles. The number of aryl methyl sites for hydroxylation is 1. The van der Waals surface area contributed by atoms with Gasteiger partial charge in [0.15, 0.2) is 0 Å². The third-order valence-electron chi connectivity index (χ3n) is 2.39. The van der Waals surface area contributed by atoms with Gasteiger partial charge in [-0.05, 0) is 19.1 Å². The van der Waals surface area contributed by atoms with E-state index in [1.165, 1.54) is 12.1 Å². The molecule has 0 heterocycles. The van der Waals surface area contributed by atoms with Gasteiger partial charge in [0, 0.05) is 0 Å². The van der Waals surface area contributed by atoms with E-state index in [4.69, 9.17) is 4.55 Å². The van der Waals surface area contributed by atoms with E-state index in [9.17, 15) is 30.0 Å². The minimum absolute atomic E-state index is 0.407.